The van der Waals surface area contributed by atoms with Crippen molar-refractivity contribution in [3.63, 3.8) is 0 Å². The molecule has 0 spiro atoms. The fourth-order valence-corrected chi connectivity index (χ4v) is 4.29. The monoisotopic (exact) mass is 291 g/mol. The molecule has 0 aromatic carbocycles. The maximum Gasteiger partial charge on any atom is 0.281 e. The summed E-state index contributed by atoms with van der Waals surface area (Å²) in [5, 5.41) is 3.22. The smallest absolute Gasteiger partial charge is 0.281 e. The predicted molar refractivity (Wildman–Crippen MR) is 79.3 cm³/mol. The molecule has 0 saturated carbocycles. The first-order valence-electron chi connectivity index (χ1n) is 7.47. The minimum atomic E-state index is -3.27. The minimum Gasteiger partial charge on any atom is -0.317 e. The third kappa shape index (κ3) is 4.70. The second-order valence-electron chi connectivity index (χ2n) is 5.20. The maximum atomic E-state index is 12.6. The number of hydrogen-bond acceptors (Lipinski definition) is 3. The molecule has 19 heavy (non-hydrogen) atoms. The molecule has 0 amide bonds. The summed E-state index contributed by atoms with van der Waals surface area (Å²) in [6, 6.07) is 0.190. The molecule has 1 unspecified atom stereocenters. The van der Waals surface area contributed by atoms with Crippen LogP contribution in [-0.4, -0.2) is 56.3 Å². The first kappa shape index (κ1) is 16.9. The summed E-state index contributed by atoms with van der Waals surface area (Å²) in [6.07, 6.45) is 4.90. The second-order valence-corrected chi connectivity index (χ2v) is 7.19. The lowest BCUT2D eigenvalue weighted by molar-refractivity contribution is 0.230. The summed E-state index contributed by atoms with van der Waals surface area (Å²) in [4.78, 5) is 0. The van der Waals surface area contributed by atoms with Crippen molar-refractivity contribution in [3.8, 4) is 0 Å². The van der Waals surface area contributed by atoms with E-state index in [0.717, 1.165) is 45.2 Å². The molecule has 1 rings (SSSR count). The van der Waals surface area contributed by atoms with Crippen LogP contribution in [-0.2, 0) is 10.2 Å². The van der Waals surface area contributed by atoms with E-state index in [1.54, 1.807) is 11.4 Å². The molecule has 0 bridgehead atoms. The Morgan fingerprint density at radius 1 is 1.32 bits per heavy atom. The topological polar surface area (TPSA) is 52.7 Å². The summed E-state index contributed by atoms with van der Waals surface area (Å²) in [6.45, 7) is 7.19. The van der Waals surface area contributed by atoms with Gasteiger partial charge in [0, 0.05) is 26.2 Å². The number of hydrogen-bond donors (Lipinski definition) is 1. The SMILES string of the molecule is CCNCCCN(C)S(=O)(=O)N1CCCCC1CC. The van der Waals surface area contributed by atoms with Crippen molar-refractivity contribution in [2.75, 3.05) is 33.2 Å². The zero-order chi connectivity index (χ0) is 14.3. The van der Waals surface area contributed by atoms with Crippen LogP contribution in [0, 0.1) is 0 Å². The van der Waals surface area contributed by atoms with Gasteiger partial charge in [-0.3, -0.25) is 0 Å². The van der Waals surface area contributed by atoms with E-state index in [0.29, 0.717) is 13.1 Å². The zero-order valence-electron chi connectivity index (χ0n) is 12.6. The molecule has 1 fully saturated rings. The van der Waals surface area contributed by atoms with E-state index < -0.39 is 10.2 Å². The lowest BCUT2D eigenvalue weighted by Gasteiger charge is -2.36. The molecule has 114 valence electrons. The molecule has 0 aliphatic carbocycles. The highest BCUT2D eigenvalue weighted by Gasteiger charge is 2.33. The molecule has 5 nitrogen and oxygen atoms in total. The van der Waals surface area contributed by atoms with E-state index in [9.17, 15) is 8.42 Å². The van der Waals surface area contributed by atoms with E-state index >= 15 is 0 Å². The van der Waals surface area contributed by atoms with Gasteiger partial charge < -0.3 is 5.32 Å². The van der Waals surface area contributed by atoms with Gasteiger partial charge in [-0.05, 0) is 38.8 Å². The fourth-order valence-electron chi connectivity index (χ4n) is 2.58. The number of nitrogens with zero attached hydrogens (tertiary/aromatic N) is 2. The highest BCUT2D eigenvalue weighted by molar-refractivity contribution is 7.86. The first-order valence-corrected chi connectivity index (χ1v) is 8.87. The normalized spacial score (nSPS) is 22.0. The van der Waals surface area contributed by atoms with Crippen LogP contribution in [0.25, 0.3) is 0 Å². The predicted octanol–water partition coefficient (Wildman–Crippen LogP) is 1.43. The molecule has 6 heteroatoms. The molecule has 1 saturated heterocycles. The maximum absolute atomic E-state index is 12.6. The molecule has 1 N–H and O–H groups in total. The van der Waals surface area contributed by atoms with Gasteiger partial charge in [-0.15, -0.1) is 0 Å². The van der Waals surface area contributed by atoms with Crippen LogP contribution < -0.4 is 5.32 Å². The van der Waals surface area contributed by atoms with Gasteiger partial charge in [0.15, 0.2) is 0 Å². The largest absolute Gasteiger partial charge is 0.317 e. The molecule has 0 radical (unpaired) electrons. The average Bonchev–Trinajstić information content (AvgIpc) is 2.43. The van der Waals surface area contributed by atoms with Gasteiger partial charge in [0.1, 0.15) is 0 Å². The number of rotatable bonds is 8. The molecule has 1 heterocycles. The van der Waals surface area contributed by atoms with Crippen molar-refractivity contribution in [3.05, 3.63) is 0 Å². The summed E-state index contributed by atoms with van der Waals surface area (Å²) >= 11 is 0. The minimum absolute atomic E-state index is 0.190. The van der Waals surface area contributed by atoms with Crippen molar-refractivity contribution in [1.82, 2.24) is 13.9 Å². The quantitative estimate of drug-likeness (QED) is 0.688. The Labute approximate surface area is 118 Å². The van der Waals surface area contributed by atoms with Crippen LogP contribution in [0.3, 0.4) is 0 Å². The fraction of sp³-hybridized carbons (Fsp3) is 1.00. The first-order chi connectivity index (χ1) is 9.04. The molecular weight excluding hydrogens is 262 g/mol. The highest BCUT2D eigenvalue weighted by Crippen LogP contribution is 2.24. The van der Waals surface area contributed by atoms with E-state index in [2.05, 4.69) is 19.2 Å². The van der Waals surface area contributed by atoms with E-state index in [1.807, 2.05) is 0 Å². The second kappa shape index (κ2) is 8.19. The Hall–Kier alpha value is -0.170. The van der Waals surface area contributed by atoms with Crippen molar-refractivity contribution in [2.45, 2.75) is 52.0 Å². The van der Waals surface area contributed by atoms with Crippen molar-refractivity contribution in [1.29, 1.82) is 0 Å². The van der Waals surface area contributed by atoms with Gasteiger partial charge in [-0.2, -0.15) is 17.0 Å². The lowest BCUT2D eigenvalue weighted by atomic mass is 10.0. The summed E-state index contributed by atoms with van der Waals surface area (Å²) < 4.78 is 28.3. The Balaban J connectivity index is 2.56. The summed E-state index contributed by atoms with van der Waals surface area (Å²) in [7, 11) is -1.57. The van der Waals surface area contributed by atoms with E-state index in [-0.39, 0.29) is 6.04 Å². The number of nitrogens with one attached hydrogen (secondary N) is 1. The van der Waals surface area contributed by atoms with Crippen LogP contribution in [0.1, 0.15) is 46.0 Å². The summed E-state index contributed by atoms with van der Waals surface area (Å²) in [5.74, 6) is 0. The zero-order valence-corrected chi connectivity index (χ0v) is 13.4. The van der Waals surface area contributed by atoms with Crippen molar-refractivity contribution in [2.24, 2.45) is 0 Å². The van der Waals surface area contributed by atoms with Gasteiger partial charge in [0.25, 0.3) is 10.2 Å². The van der Waals surface area contributed by atoms with Gasteiger partial charge in [-0.1, -0.05) is 20.3 Å². The standard InChI is InChI=1S/C13H29N3O2S/c1-4-13-9-6-7-12-16(13)19(17,18)15(3)11-8-10-14-5-2/h13-14H,4-12H2,1-3H3. The van der Waals surface area contributed by atoms with Crippen LogP contribution in [0.5, 0.6) is 0 Å². The van der Waals surface area contributed by atoms with Gasteiger partial charge in [0.05, 0.1) is 0 Å². The van der Waals surface area contributed by atoms with E-state index in [1.165, 1.54) is 4.31 Å². The molecule has 1 aliphatic heterocycles. The van der Waals surface area contributed by atoms with Gasteiger partial charge in [0.2, 0.25) is 0 Å². The van der Waals surface area contributed by atoms with Crippen LogP contribution in [0.4, 0.5) is 0 Å². The van der Waals surface area contributed by atoms with Gasteiger partial charge in [-0.25, -0.2) is 0 Å². The van der Waals surface area contributed by atoms with Crippen LogP contribution in [0.2, 0.25) is 0 Å². The Bertz CT molecular complexity index is 346. The van der Waals surface area contributed by atoms with Crippen LogP contribution in [0.15, 0.2) is 0 Å². The molecule has 1 atom stereocenters. The van der Waals surface area contributed by atoms with Crippen LogP contribution >= 0.6 is 0 Å². The molecular formula is C13H29N3O2S. The lowest BCUT2D eigenvalue weighted by Crippen LogP contribution is -2.49. The highest BCUT2D eigenvalue weighted by atomic mass is 32.2. The Morgan fingerprint density at radius 3 is 2.68 bits per heavy atom. The molecule has 0 aromatic rings. The van der Waals surface area contributed by atoms with Crippen molar-refractivity contribution < 1.29 is 8.42 Å². The van der Waals surface area contributed by atoms with E-state index in [4.69, 9.17) is 0 Å². The number of piperidine rings is 1. The molecule has 0 aromatic heterocycles. The average molecular weight is 291 g/mol. The Morgan fingerprint density at radius 2 is 2.05 bits per heavy atom. The molecule has 1 aliphatic rings. The third-order valence-corrected chi connectivity index (χ3v) is 5.85. The van der Waals surface area contributed by atoms with Crippen molar-refractivity contribution >= 4 is 10.2 Å². The Kier molecular flexibility index (Phi) is 7.28. The summed E-state index contributed by atoms with van der Waals surface area (Å²) in [5.41, 5.74) is 0. The van der Waals surface area contributed by atoms with Gasteiger partial charge >= 0.3 is 0 Å². The third-order valence-electron chi connectivity index (χ3n) is 3.81.